The first kappa shape index (κ1) is 12.6. The number of hydrogen-bond donors (Lipinski definition) is 0. The van der Waals surface area contributed by atoms with E-state index in [1.165, 1.54) is 49.4 Å². The molecule has 17 heavy (non-hydrogen) atoms. The lowest BCUT2D eigenvalue weighted by Gasteiger charge is -2.34. The first-order valence-electron chi connectivity index (χ1n) is 6.69. The molecule has 0 unspecified atom stereocenters. The largest absolute Gasteiger partial charge is 0.301 e. The van der Waals surface area contributed by atoms with E-state index >= 15 is 0 Å². The Bertz CT molecular complexity index is 345. The van der Waals surface area contributed by atoms with E-state index in [0.29, 0.717) is 0 Å². The number of aryl methyl sites for hydroxylation is 2. The minimum absolute atomic E-state index is 1.11. The van der Waals surface area contributed by atoms with Gasteiger partial charge in [0.25, 0.3) is 0 Å². The topological polar surface area (TPSA) is 6.48 Å². The molecule has 0 bridgehead atoms. The molecule has 1 saturated heterocycles. The van der Waals surface area contributed by atoms with Gasteiger partial charge in [0.2, 0.25) is 0 Å². The molecule has 0 N–H and O–H groups in total. The summed E-state index contributed by atoms with van der Waals surface area (Å²) in [6.45, 7) is 13.8. The molecule has 0 atom stereocenters. The van der Waals surface area contributed by atoms with Crippen molar-refractivity contribution in [2.24, 2.45) is 0 Å². The zero-order valence-corrected chi connectivity index (χ0v) is 11.4. The molecule has 1 aromatic rings. The molecule has 0 saturated carbocycles. The van der Waals surface area contributed by atoms with Gasteiger partial charge in [-0.2, -0.15) is 0 Å². The zero-order valence-electron chi connectivity index (χ0n) is 11.4. The third-order valence-corrected chi connectivity index (χ3v) is 3.60. The van der Waals surface area contributed by atoms with Gasteiger partial charge in [-0.25, -0.2) is 0 Å². The Kier molecular flexibility index (Phi) is 4.19. The van der Waals surface area contributed by atoms with Crippen LogP contribution >= 0.6 is 0 Å². The highest BCUT2D eigenvalue weighted by Crippen LogP contribution is 2.12. The summed E-state index contributed by atoms with van der Waals surface area (Å²) in [7, 11) is 0. The average Bonchev–Trinajstić information content (AvgIpc) is 2.28. The molecule has 1 aromatic carbocycles. The maximum atomic E-state index is 2.57. The highest BCUT2D eigenvalue weighted by molar-refractivity contribution is 5.28. The molecule has 1 fully saturated rings. The number of hydrogen-bond acceptors (Lipinski definition) is 2. The first-order chi connectivity index (χ1) is 8.17. The molecule has 2 nitrogen and oxygen atoms in total. The van der Waals surface area contributed by atoms with Crippen molar-refractivity contribution in [3.8, 4) is 0 Å². The first-order valence-corrected chi connectivity index (χ1v) is 6.69. The number of benzene rings is 1. The Morgan fingerprint density at radius 3 is 1.94 bits per heavy atom. The lowest BCUT2D eigenvalue weighted by molar-refractivity contribution is 0.132. The maximum absolute atomic E-state index is 2.57. The van der Waals surface area contributed by atoms with Crippen LogP contribution in [0.25, 0.3) is 0 Å². The number of likely N-dealkylation sites (N-methyl/N-ethyl adjacent to an activating group) is 1. The van der Waals surface area contributed by atoms with Crippen LogP contribution in [-0.4, -0.2) is 42.5 Å². The van der Waals surface area contributed by atoms with E-state index in [2.05, 4.69) is 48.8 Å². The normalized spacial score (nSPS) is 18.5. The third-order valence-electron chi connectivity index (χ3n) is 3.60. The van der Waals surface area contributed by atoms with Gasteiger partial charge in [0.1, 0.15) is 0 Å². The molecule has 2 heteroatoms. The Morgan fingerprint density at radius 2 is 1.41 bits per heavy atom. The standard InChI is InChI=1S/C15H24N2/c1-4-16-5-7-17(8-6-16)12-15-10-13(2)9-14(3)11-15/h9-11H,4-8,12H2,1-3H3. The van der Waals surface area contributed by atoms with Gasteiger partial charge in [-0.1, -0.05) is 36.2 Å². The van der Waals surface area contributed by atoms with Crippen LogP contribution in [0.1, 0.15) is 23.6 Å². The molecule has 0 aliphatic carbocycles. The minimum atomic E-state index is 1.11. The van der Waals surface area contributed by atoms with Crippen molar-refractivity contribution < 1.29 is 0 Å². The molecule has 0 radical (unpaired) electrons. The predicted molar refractivity (Wildman–Crippen MR) is 73.3 cm³/mol. The fraction of sp³-hybridized carbons (Fsp3) is 0.600. The van der Waals surface area contributed by atoms with Crippen LogP contribution in [0.5, 0.6) is 0 Å². The number of nitrogens with zero attached hydrogens (tertiary/aromatic N) is 2. The SMILES string of the molecule is CCN1CCN(Cc2cc(C)cc(C)c2)CC1. The van der Waals surface area contributed by atoms with E-state index in [9.17, 15) is 0 Å². The molecular formula is C15H24N2. The number of rotatable bonds is 3. The lowest BCUT2D eigenvalue weighted by Crippen LogP contribution is -2.45. The summed E-state index contributed by atoms with van der Waals surface area (Å²) in [5, 5.41) is 0. The molecule has 2 rings (SSSR count). The van der Waals surface area contributed by atoms with Gasteiger partial charge >= 0.3 is 0 Å². The Balaban J connectivity index is 1.93. The Hall–Kier alpha value is -0.860. The lowest BCUT2D eigenvalue weighted by atomic mass is 10.1. The van der Waals surface area contributed by atoms with Gasteiger partial charge in [0, 0.05) is 32.7 Å². The molecular weight excluding hydrogens is 208 g/mol. The van der Waals surface area contributed by atoms with Crippen molar-refractivity contribution >= 4 is 0 Å². The Labute approximate surface area is 105 Å². The third kappa shape index (κ3) is 3.55. The molecule has 1 heterocycles. The fourth-order valence-electron chi connectivity index (χ4n) is 2.68. The van der Waals surface area contributed by atoms with E-state index in [1.54, 1.807) is 0 Å². The summed E-state index contributed by atoms with van der Waals surface area (Å²) in [5.41, 5.74) is 4.23. The van der Waals surface area contributed by atoms with E-state index in [1.807, 2.05) is 0 Å². The Morgan fingerprint density at radius 1 is 0.882 bits per heavy atom. The van der Waals surface area contributed by atoms with Gasteiger partial charge in [-0.15, -0.1) is 0 Å². The molecule has 0 aromatic heterocycles. The van der Waals surface area contributed by atoms with Crippen molar-refractivity contribution in [2.75, 3.05) is 32.7 Å². The molecule has 1 aliphatic rings. The van der Waals surface area contributed by atoms with Crippen molar-refractivity contribution in [2.45, 2.75) is 27.3 Å². The van der Waals surface area contributed by atoms with Gasteiger partial charge < -0.3 is 4.90 Å². The highest BCUT2D eigenvalue weighted by Gasteiger charge is 2.15. The molecule has 0 amide bonds. The average molecular weight is 232 g/mol. The summed E-state index contributed by atoms with van der Waals surface area (Å²) in [6, 6.07) is 6.89. The molecule has 1 aliphatic heterocycles. The summed E-state index contributed by atoms with van der Waals surface area (Å²) >= 11 is 0. The number of piperazine rings is 1. The van der Waals surface area contributed by atoms with Crippen LogP contribution in [-0.2, 0) is 6.54 Å². The van der Waals surface area contributed by atoms with Crippen molar-refractivity contribution in [1.29, 1.82) is 0 Å². The van der Waals surface area contributed by atoms with E-state index in [0.717, 1.165) is 6.54 Å². The second-order valence-electron chi connectivity index (χ2n) is 5.21. The van der Waals surface area contributed by atoms with Crippen LogP contribution < -0.4 is 0 Å². The van der Waals surface area contributed by atoms with E-state index < -0.39 is 0 Å². The monoisotopic (exact) mass is 232 g/mol. The molecule has 0 spiro atoms. The highest BCUT2D eigenvalue weighted by atomic mass is 15.3. The van der Waals surface area contributed by atoms with Gasteiger partial charge in [0.15, 0.2) is 0 Å². The summed E-state index contributed by atoms with van der Waals surface area (Å²) in [5.74, 6) is 0. The van der Waals surface area contributed by atoms with Crippen molar-refractivity contribution in [1.82, 2.24) is 9.80 Å². The quantitative estimate of drug-likeness (QED) is 0.790. The molecule has 94 valence electrons. The predicted octanol–water partition coefficient (Wildman–Crippen LogP) is 2.44. The second kappa shape index (κ2) is 5.65. The van der Waals surface area contributed by atoms with Gasteiger partial charge in [0.05, 0.1) is 0 Å². The summed E-state index contributed by atoms with van der Waals surface area (Å²) < 4.78 is 0. The van der Waals surface area contributed by atoms with Crippen molar-refractivity contribution in [3.05, 3.63) is 34.9 Å². The van der Waals surface area contributed by atoms with Crippen LogP contribution in [0.4, 0.5) is 0 Å². The second-order valence-corrected chi connectivity index (χ2v) is 5.21. The van der Waals surface area contributed by atoms with Crippen LogP contribution in [0.3, 0.4) is 0 Å². The van der Waals surface area contributed by atoms with Gasteiger partial charge in [-0.3, -0.25) is 4.90 Å². The smallest absolute Gasteiger partial charge is 0.0235 e. The fourth-order valence-corrected chi connectivity index (χ4v) is 2.68. The van der Waals surface area contributed by atoms with Crippen LogP contribution in [0.2, 0.25) is 0 Å². The minimum Gasteiger partial charge on any atom is -0.301 e. The van der Waals surface area contributed by atoms with E-state index in [-0.39, 0.29) is 0 Å². The van der Waals surface area contributed by atoms with Crippen LogP contribution in [0, 0.1) is 13.8 Å². The van der Waals surface area contributed by atoms with Gasteiger partial charge in [-0.05, 0) is 26.0 Å². The maximum Gasteiger partial charge on any atom is 0.0235 e. The van der Waals surface area contributed by atoms with E-state index in [4.69, 9.17) is 0 Å². The van der Waals surface area contributed by atoms with Crippen molar-refractivity contribution in [3.63, 3.8) is 0 Å². The summed E-state index contributed by atoms with van der Waals surface area (Å²) in [4.78, 5) is 5.10. The summed E-state index contributed by atoms with van der Waals surface area (Å²) in [6.07, 6.45) is 0. The zero-order chi connectivity index (χ0) is 12.3. The van der Waals surface area contributed by atoms with Crippen LogP contribution in [0.15, 0.2) is 18.2 Å².